The first-order valence-electron chi connectivity index (χ1n) is 5.09. The monoisotopic (exact) mass is 208 g/mol. The van der Waals surface area contributed by atoms with E-state index < -0.39 is 0 Å². The van der Waals surface area contributed by atoms with Gasteiger partial charge in [-0.1, -0.05) is 6.07 Å². The van der Waals surface area contributed by atoms with E-state index in [1.165, 1.54) is 19.3 Å². The highest BCUT2D eigenvalue weighted by Gasteiger charge is 2.23. The predicted molar refractivity (Wildman–Crippen MR) is 62.8 cm³/mol. The summed E-state index contributed by atoms with van der Waals surface area (Å²) in [6, 6.07) is 6.63. The van der Waals surface area contributed by atoms with Crippen molar-refractivity contribution in [2.24, 2.45) is 0 Å². The fourth-order valence-electron chi connectivity index (χ4n) is 1.94. The lowest BCUT2D eigenvalue weighted by Gasteiger charge is -2.12. The van der Waals surface area contributed by atoms with Gasteiger partial charge in [-0.15, -0.1) is 0 Å². The highest BCUT2D eigenvalue weighted by atomic mass is 32.2. The summed E-state index contributed by atoms with van der Waals surface area (Å²) in [4.78, 5) is 4.28. The molecule has 0 aliphatic heterocycles. The Morgan fingerprint density at radius 2 is 2.36 bits per heavy atom. The van der Waals surface area contributed by atoms with Gasteiger partial charge in [-0.2, -0.15) is 11.8 Å². The van der Waals surface area contributed by atoms with E-state index in [4.69, 9.17) is 0 Å². The van der Waals surface area contributed by atoms with Crippen molar-refractivity contribution in [1.29, 1.82) is 0 Å². The maximum absolute atomic E-state index is 4.28. The van der Waals surface area contributed by atoms with Crippen molar-refractivity contribution >= 4 is 17.6 Å². The van der Waals surface area contributed by atoms with Crippen molar-refractivity contribution in [2.45, 2.75) is 30.6 Å². The zero-order chi connectivity index (χ0) is 9.80. The summed E-state index contributed by atoms with van der Waals surface area (Å²) in [6.07, 6.45) is 7.93. The van der Waals surface area contributed by atoms with Crippen molar-refractivity contribution in [3.63, 3.8) is 0 Å². The van der Waals surface area contributed by atoms with E-state index in [1.807, 2.05) is 36.2 Å². The van der Waals surface area contributed by atoms with Crippen LogP contribution in [0, 0.1) is 0 Å². The third-order valence-corrected chi connectivity index (χ3v) is 3.83. The van der Waals surface area contributed by atoms with E-state index in [0.29, 0.717) is 6.04 Å². The van der Waals surface area contributed by atoms with Crippen LogP contribution in [0.3, 0.4) is 0 Å². The molecule has 1 aliphatic carbocycles. The average molecular weight is 208 g/mol. The van der Waals surface area contributed by atoms with Crippen LogP contribution in [0.5, 0.6) is 0 Å². The first-order valence-corrected chi connectivity index (χ1v) is 6.37. The van der Waals surface area contributed by atoms with Crippen LogP contribution in [-0.2, 0) is 0 Å². The topological polar surface area (TPSA) is 24.9 Å². The molecule has 0 amide bonds. The second-order valence-corrected chi connectivity index (χ2v) is 4.87. The van der Waals surface area contributed by atoms with Crippen molar-refractivity contribution in [3.8, 4) is 0 Å². The molecule has 1 fully saturated rings. The van der Waals surface area contributed by atoms with Crippen molar-refractivity contribution in [1.82, 2.24) is 4.98 Å². The SMILES string of the molecule is CSC1CCC(Nc2ccccn2)C1. The Morgan fingerprint density at radius 3 is 3.00 bits per heavy atom. The van der Waals surface area contributed by atoms with Gasteiger partial charge in [0.15, 0.2) is 0 Å². The molecule has 1 heterocycles. The van der Waals surface area contributed by atoms with Crippen LogP contribution in [0.1, 0.15) is 19.3 Å². The molecule has 2 nitrogen and oxygen atoms in total. The number of nitrogens with one attached hydrogen (secondary N) is 1. The average Bonchev–Trinajstić information content (AvgIpc) is 2.67. The molecule has 0 radical (unpaired) electrons. The largest absolute Gasteiger partial charge is 0.367 e. The zero-order valence-corrected chi connectivity index (χ0v) is 9.26. The number of anilines is 1. The van der Waals surface area contributed by atoms with Gasteiger partial charge in [0, 0.05) is 17.5 Å². The van der Waals surface area contributed by atoms with Gasteiger partial charge in [0.25, 0.3) is 0 Å². The minimum absolute atomic E-state index is 0.627. The third kappa shape index (κ3) is 2.41. The molecule has 0 bridgehead atoms. The van der Waals surface area contributed by atoms with Gasteiger partial charge in [0.1, 0.15) is 5.82 Å². The molecule has 2 unspecified atom stereocenters. The summed E-state index contributed by atoms with van der Waals surface area (Å²) in [5, 5.41) is 4.32. The predicted octanol–water partition coefficient (Wildman–Crippen LogP) is 2.78. The van der Waals surface area contributed by atoms with Gasteiger partial charge >= 0.3 is 0 Å². The van der Waals surface area contributed by atoms with E-state index >= 15 is 0 Å². The Kier molecular flexibility index (Phi) is 3.30. The number of pyridine rings is 1. The summed E-state index contributed by atoms with van der Waals surface area (Å²) >= 11 is 1.99. The smallest absolute Gasteiger partial charge is 0.126 e. The maximum atomic E-state index is 4.28. The number of aromatic nitrogens is 1. The molecular weight excluding hydrogens is 192 g/mol. The zero-order valence-electron chi connectivity index (χ0n) is 8.44. The molecule has 14 heavy (non-hydrogen) atoms. The molecule has 1 N–H and O–H groups in total. The minimum Gasteiger partial charge on any atom is -0.367 e. The van der Waals surface area contributed by atoms with E-state index in [9.17, 15) is 0 Å². The molecule has 1 saturated carbocycles. The number of thioether (sulfide) groups is 1. The van der Waals surface area contributed by atoms with E-state index in [2.05, 4.69) is 16.6 Å². The number of rotatable bonds is 3. The molecule has 2 atom stereocenters. The summed E-state index contributed by atoms with van der Waals surface area (Å²) < 4.78 is 0. The second-order valence-electron chi connectivity index (χ2n) is 3.73. The van der Waals surface area contributed by atoms with Crippen LogP contribution in [0.4, 0.5) is 5.82 Å². The highest BCUT2D eigenvalue weighted by molar-refractivity contribution is 7.99. The van der Waals surface area contributed by atoms with Crippen molar-refractivity contribution in [2.75, 3.05) is 11.6 Å². The van der Waals surface area contributed by atoms with E-state index in [0.717, 1.165) is 11.1 Å². The Morgan fingerprint density at radius 1 is 1.43 bits per heavy atom. The van der Waals surface area contributed by atoms with Gasteiger partial charge in [0.2, 0.25) is 0 Å². The summed E-state index contributed by atoms with van der Waals surface area (Å²) in [7, 11) is 0. The molecule has 1 aromatic rings. The fourth-order valence-corrected chi connectivity index (χ4v) is 2.74. The fraction of sp³-hybridized carbons (Fsp3) is 0.545. The lowest BCUT2D eigenvalue weighted by atomic mass is 10.2. The van der Waals surface area contributed by atoms with Crippen LogP contribution in [0.2, 0.25) is 0 Å². The molecule has 2 rings (SSSR count). The van der Waals surface area contributed by atoms with Crippen LogP contribution < -0.4 is 5.32 Å². The van der Waals surface area contributed by atoms with Crippen LogP contribution in [0.25, 0.3) is 0 Å². The van der Waals surface area contributed by atoms with Crippen molar-refractivity contribution < 1.29 is 0 Å². The second kappa shape index (κ2) is 4.69. The van der Waals surface area contributed by atoms with E-state index in [-0.39, 0.29) is 0 Å². The maximum Gasteiger partial charge on any atom is 0.126 e. The third-order valence-electron chi connectivity index (χ3n) is 2.73. The van der Waals surface area contributed by atoms with Gasteiger partial charge in [-0.05, 0) is 37.7 Å². The Bertz CT molecular complexity index is 276. The van der Waals surface area contributed by atoms with E-state index in [1.54, 1.807) is 0 Å². The lowest BCUT2D eigenvalue weighted by molar-refractivity contribution is 0.752. The Labute approximate surface area is 89.5 Å². The van der Waals surface area contributed by atoms with Gasteiger partial charge in [-0.3, -0.25) is 0 Å². The van der Waals surface area contributed by atoms with Crippen LogP contribution in [0.15, 0.2) is 24.4 Å². The first kappa shape index (κ1) is 9.84. The number of nitrogens with zero attached hydrogens (tertiary/aromatic N) is 1. The Hall–Kier alpha value is -0.700. The van der Waals surface area contributed by atoms with Crippen LogP contribution >= 0.6 is 11.8 Å². The summed E-state index contributed by atoms with van der Waals surface area (Å²) in [5.41, 5.74) is 0. The standard InChI is InChI=1S/C11H16N2S/c1-14-10-6-5-9(8-10)13-11-4-2-3-7-12-11/h2-4,7,9-10H,5-6,8H2,1H3,(H,12,13). The molecule has 0 spiro atoms. The normalized spacial score (nSPS) is 26.4. The highest BCUT2D eigenvalue weighted by Crippen LogP contribution is 2.29. The van der Waals surface area contributed by atoms with Crippen LogP contribution in [-0.4, -0.2) is 22.5 Å². The van der Waals surface area contributed by atoms with Gasteiger partial charge < -0.3 is 5.32 Å². The van der Waals surface area contributed by atoms with Gasteiger partial charge in [0.05, 0.1) is 0 Å². The lowest BCUT2D eigenvalue weighted by Crippen LogP contribution is -2.16. The molecule has 1 aliphatic rings. The molecule has 1 aromatic heterocycles. The number of hydrogen-bond donors (Lipinski definition) is 1. The molecular formula is C11H16N2S. The minimum atomic E-state index is 0.627. The quantitative estimate of drug-likeness (QED) is 0.826. The molecule has 3 heteroatoms. The summed E-state index contributed by atoms with van der Waals surface area (Å²) in [6.45, 7) is 0. The summed E-state index contributed by atoms with van der Waals surface area (Å²) in [5.74, 6) is 1.01. The molecule has 76 valence electrons. The number of hydrogen-bond acceptors (Lipinski definition) is 3. The Balaban J connectivity index is 1.88. The molecule has 0 saturated heterocycles. The van der Waals surface area contributed by atoms with Gasteiger partial charge in [-0.25, -0.2) is 4.98 Å². The molecule has 0 aromatic carbocycles. The van der Waals surface area contributed by atoms with Crippen molar-refractivity contribution in [3.05, 3.63) is 24.4 Å². The first-order chi connectivity index (χ1) is 6.88.